The third kappa shape index (κ3) is 2.01. The Hall–Kier alpha value is -0.120. The summed E-state index contributed by atoms with van der Waals surface area (Å²) in [4.78, 5) is 2.66. The predicted octanol–water partition coefficient (Wildman–Crippen LogP) is 1.12. The maximum absolute atomic E-state index is 9.87. The molecule has 2 unspecified atom stereocenters. The largest absolute Gasteiger partial charge is 0.392 e. The molecule has 0 aromatic carbocycles. The van der Waals surface area contributed by atoms with Crippen molar-refractivity contribution in [2.24, 2.45) is 0 Å². The van der Waals surface area contributed by atoms with E-state index in [0.29, 0.717) is 12.1 Å². The van der Waals surface area contributed by atoms with Gasteiger partial charge in [-0.2, -0.15) is 0 Å². The number of aliphatic hydroxyl groups is 1. The van der Waals surface area contributed by atoms with Gasteiger partial charge in [-0.15, -0.1) is 0 Å². The molecule has 0 aromatic rings. The SMILES string of the molecule is O[C@H]1CCC[C@@H]1NC1CCN2CCCCC12. The normalized spacial score (nSPS) is 44.8. The van der Waals surface area contributed by atoms with Gasteiger partial charge in [0.2, 0.25) is 0 Å². The van der Waals surface area contributed by atoms with Gasteiger partial charge in [0.1, 0.15) is 0 Å². The maximum Gasteiger partial charge on any atom is 0.0693 e. The van der Waals surface area contributed by atoms with Crippen LogP contribution in [0.25, 0.3) is 0 Å². The number of nitrogens with one attached hydrogen (secondary N) is 1. The number of piperidine rings is 1. The van der Waals surface area contributed by atoms with Gasteiger partial charge in [-0.1, -0.05) is 6.42 Å². The first-order chi connectivity index (χ1) is 7.84. The fourth-order valence-electron chi connectivity index (χ4n) is 3.85. The lowest BCUT2D eigenvalue weighted by Gasteiger charge is -2.34. The van der Waals surface area contributed by atoms with Crippen LogP contribution < -0.4 is 5.32 Å². The van der Waals surface area contributed by atoms with E-state index in [1.165, 1.54) is 51.6 Å². The van der Waals surface area contributed by atoms with Crippen molar-refractivity contribution in [3.05, 3.63) is 0 Å². The van der Waals surface area contributed by atoms with Crippen molar-refractivity contribution >= 4 is 0 Å². The number of hydrogen-bond acceptors (Lipinski definition) is 3. The van der Waals surface area contributed by atoms with E-state index in [0.717, 1.165) is 12.5 Å². The van der Waals surface area contributed by atoms with Gasteiger partial charge in [0, 0.05) is 24.7 Å². The van der Waals surface area contributed by atoms with Crippen LogP contribution in [-0.4, -0.2) is 47.3 Å². The first-order valence-electron chi connectivity index (χ1n) is 7.03. The Morgan fingerprint density at radius 1 is 0.875 bits per heavy atom. The molecule has 2 N–H and O–H groups in total. The fourth-order valence-corrected chi connectivity index (χ4v) is 3.85. The first kappa shape index (κ1) is 11.0. The van der Waals surface area contributed by atoms with E-state index in [-0.39, 0.29) is 6.10 Å². The van der Waals surface area contributed by atoms with Crippen LogP contribution in [0.1, 0.15) is 44.9 Å². The Bertz CT molecular complexity index is 246. The van der Waals surface area contributed by atoms with E-state index in [2.05, 4.69) is 10.2 Å². The molecule has 3 rings (SSSR count). The molecule has 0 amide bonds. The molecule has 2 heterocycles. The van der Waals surface area contributed by atoms with Gasteiger partial charge in [0.25, 0.3) is 0 Å². The van der Waals surface area contributed by atoms with Gasteiger partial charge in [-0.3, -0.25) is 4.90 Å². The Balaban J connectivity index is 1.58. The number of hydrogen-bond donors (Lipinski definition) is 2. The number of aliphatic hydroxyl groups excluding tert-OH is 1. The third-order valence-corrected chi connectivity index (χ3v) is 4.76. The molecule has 0 radical (unpaired) electrons. The zero-order valence-electron chi connectivity index (χ0n) is 10.1. The fraction of sp³-hybridized carbons (Fsp3) is 1.00. The van der Waals surface area contributed by atoms with Gasteiger partial charge in [-0.05, 0) is 45.1 Å². The van der Waals surface area contributed by atoms with Gasteiger partial charge >= 0.3 is 0 Å². The summed E-state index contributed by atoms with van der Waals surface area (Å²) in [6.07, 6.45) is 8.71. The number of fused-ring (bicyclic) bond motifs is 1. The van der Waals surface area contributed by atoms with E-state index in [1.54, 1.807) is 0 Å². The molecule has 4 atom stereocenters. The number of nitrogens with zero attached hydrogens (tertiary/aromatic N) is 1. The van der Waals surface area contributed by atoms with Crippen LogP contribution in [0, 0.1) is 0 Å². The van der Waals surface area contributed by atoms with Crippen LogP contribution in [0.2, 0.25) is 0 Å². The Morgan fingerprint density at radius 2 is 1.81 bits per heavy atom. The van der Waals surface area contributed by atoms with Crippen LogP contribution in [0.15, 0.2) is 0 Å². The summed E-state index contributed by atoms with van der Waals surface area (Å²) in [5.41, 5.74) is 0. The van der Waals surface area contributed by atoms with Crippen LogP contribution in [0.5, 0.6) is 0 Å². The Labute approximate surface area is 98.2 Å². The standard InChI is InChI=1S/C13H24N2O/c16-13-6-3-4-11(13)14-10-7-9-15-8-2-1-5-12(10)15/h10-14,16H,1-9H2/t10?,11-,12?,13-/m0/s1. The van der Waals surface area contributed by atoms with Crippen LogP contribution in [0.4, 0.5) is 0 Å². The topological polar surface area (TPSA) is 35.5 Å². The van der Waals surface area contributed by atoms with Crippen molar-refractivity contribution in [2.45, 2.75) is 69.2 Å². The lowest BCUT2D eigenvalue weighted by Crippen LogP contribution is -2.50. The molecule has 3 fully saturated rings. The molecular formula is C13H24N2O. The molecule has 2 aliphatic heterocycles. The van der Waals surface area contributed by atoms with Crippen molar-refractivity contribution < 1.29 is 5.11 Å². The quantitative estimate of drug-likeness (QED) is 0.738. The zero-order valence-corrected chi connectivity index (χ0v) is 10.1. The third-order valence-electron chi connectivity index (χ3n) is 4.76. The summed E-state index contributed by atoms with van der Waals surface area (Å²) >= 11 is 0. The predicted molar refractivity (Wildman–Crippen MR) is 64.4 cm³/mol. The molecule has 3 heteroatoms. The van der Waals surface area contributed by atoms with Crippen LogP contribution >= 0.6 is 0 Å². The van der Waals surface area contributed by atoms with Gasteiger partial charge in [-0.25, -0.2) is 0 Å². The van der Waals surface area contributed by atoms with E-state index >= 15 is 0 Å². The molecule has 1 aliphatic carbocycles. The average molecular weight is 224 g/mol. The van der Waals surface area contributed by atoms with Crippen molar-refractivity contribution in [1.82, 2.24) is 10.2 Å². The summed E-state index contributed by atoms with van der Waals surface area (Å²) < 4.78 is 0. The Kier molecular flexibility index (Phi) is 3.18. The lowest BCUT2D eigenvalue weighted by molar-refractivity contribution is 0.128. The minimum absolute atomic E-state index is 0.0855. The average Bonchev–Trinajstić information content (AvgIpc) is 2.88. The minimum atomic E-state index is -0.0855. The summed E-state index contributed by atoms with van der Waals surface area (Å²) in [5.74, 6) is 0. The van der Waals surface area contributed by atoms with Crippen LogP contribution in [-0.2, 0) is 0 Å². The second-order valence-corrected chi connectivity index (χ2v) is 5.77. The molecule has 92 valence electrons. The van der Waals surface area contributed by atoms with E-state index < -0.39 is 0 Å². The Morgan fingerprint density at radius 3 is 2.62 bits per heavy atom. The molecule has 2 saturated heterocycles. The van der Waals surface area contributed by atoms with Gasteiger partial charge in [0.15, 0.2) is 0 Å². The zero-order chi connectivity index (χ0) is 11.0. The summed E-state index contributed by atoms with van der Waals surface area (Å²) in [5, 5.41) is 13.6. The van der Waals surface area contributed by atoms with Crippen molar-refractivity contribution in [1.29, 1.82) is 0 Å². The molecule has 16 heavy (non-hydrogen) atoms. The molecule has 0 aromatic heterocycles. The second-order valence-electron chi connectivity index (χ2n) is 5.77. The van der Waals surface area contributed by atoms with E-state index in [9.17, 15) is 5.11 Å². The molecule has 1 saturated carbocycles. The molecule has 0 spiro atoms. The molecule has 3 nitrogen and oxygen atoms in total. The summed E-state index contributed by atoms with van der Waals surface area (Å²) in [6.45, 7) is 2.57. The highest BCUT2D eigenvalue weighted by molar-refractivity contribution is 4.97. The molecular weight excluding hydrogens is 200 g/mol. The molecule has 3 aliphatic rings. The monoisotopic (exact) mass is 224 g/mol. The smallest absolute Gasteiger partial charge is 0.0693 e. The highest BCUT2D eigenvalue weighted by Crippen LogP contribution is 2.29. The van der Waals surface area contributed by atoms with Crippen LogP contribution in [0.3, 0.4) is 0 Å². The first-order valence-corrected chi connectivity index (χ1v) is 7.03. The highest BCUT2D eigenvalue weighted by atomic mass is 16.3. The van der Waals surface area contributed by atoms with Crippen molar-refractivity contribution in [3.63, 3.8) is 0 Å². The van der Waals surface area contributed by atoms with Gasteiger partial charge in [0.05, 0.1) is 6.10 Å². The summed E-state index contributed by atoms with van der Waals surface area (Å²) in [7, 11) is 0. The summed E-state index contributed by atoms with van der Waals surface area (Å²) in [6, 6.07) is 1.80. The lowest BCUT2D eigenvalue weighted by atomic mass is 9.98. The maximum atomic E-state index is 9.87. The van der Waals surface area contributed by atoms with Gasteiger partial charge < -0.3 is 10.4 Å². The van der Waals surface area contributed by atoms with E-state index in [4.69, 9.17) is 0 Å². The van der Waals surface area contributed by atoms with Crippen molar-refractivity contribution in [3.8, 4) is 0 Å². The van der Waals surface area contributed by atoms with E-state index in [1.807, 2.05) is 0 Å². The minimum Gasteiger partial charge on any atom is -0.392 e. The second kappa shape index (κ2) is 4.63. The highest BCUT2D eigenvalue weighted by Gasteiger charge is 2.38. The molecule has 0 bridgehead atoms. The number of rotatable bonds is 2. The van der Waals surface area contributed by atoms with Crippen molar-refractivity contribution in [2.75, 3.05) is 13.1 Å².